The van der Waals surface area contributed by atoms with E-state index in [1.165, 1.54) is 22.3 Å². The minimum atomic E-state index is -1.85. The van der Waals surface area contributed by atoms with Crippen molar-refractivity contribution < 1.29 is 46.1 Å². The number of hydrogen-bond acceptors (Lipinski definition) is 0. The maximum atomic E-state index is 4.69. The van der Waals surface area contributed by atoms with Crippen molar-refractivity contribution in [1.82, 2.24) is 0 Å². The second-order valence-corrected chi connectivity index (χ2v) is 11.4. The van der Waals surface area contributed by atoms with E-state index in [-0.39, 0.29) is 24.8 Å². The normalized spacial score (nSPS) is 19.4. The van der Waals surface area contributed by atoms with Crippen molar-refractivity contribution in [1.29, 1.82) is 0 Å². The Balaban J connectivity index is 0.000000882. The Kier molecular flexibility index (Phi) is 5.78. The van der Waals surface area contributed by atoms with Gasteiger partial charge in [-0.3, -0.25) is 0 Å². The molecule has 2 aliphatic rings. The molecule has 2 aliphatic carbocycles. The average molecular weight is 406 g/mol. The van der Waals surface area contributed by atoms with Crippen LogP contribution in [0.5, 0.6) is 0 Å². The summed E-state index contributed by atoms with van der Waals surface area (Å²) in [4.78, 5) is 0. The molecule has 0 nitrogen and oxygen atoms in total. The van der Waals surface area contributed by atoms with Crippen LogP contribution in [0.4, 0.5) is 0 Å². The molecular formula is C19H16Cl2Zr. The third-order valence-electron chi connectivity index (χ3n) is 4.40. The van der Waals surface area contributed by atoms with Gasteiger partial charge in [0.1, 0.15) is 0 Å². The first-order chi connectivity index (χ1) is 9.84. The molecule has 2 atom stereocenters. The average Bonchev–Trinajstić information content (AvgIpc) is 3.11. The van der Waals surface area contributed by atoms with Crippen LogP contribution >= 0.6 is 0 Å². The van der Waals surface area contributed by atoms with Crippen LogP contribution in [-0.4, -0.2) is 4.21 Å². The van der Waals surface area contributed by atoms with Gasteiger partial charge in [-0.2, -0.15) is 0 Å². The third kappa shape index (κ3) is 2.87. The van der Waals surface area contributed by atoms with E-state index < -0.39 is 21.3 Å². The molecule has 0 saturated carbocycles. The summed E-state index contributed by atoms with van der Waals surface area (Å²) in [7, 11) is 0. The smallest absolute Gasteiger partial charge is 1.00 e. The molecule has 0 radical (unpaired) electrons. The monoisotopic (exact) mass is 404 g/mol. The van der Waals surface area contributed by atoms with Gasteiger partial charge in [-0.15, -0.1) is 0 Å². The Morgan fingerprint density at radius 2 is 1.09 bits per heavy atom. The summed E-state index contributed by atoms with van der Waals surface area (Å²) in [5, 5.41) is 0. The topological polar surface area (TPSA) is 0 Å². The molecule has 0 saturated heterocycles. The number of rotatable bonds is 2. The maximum Gasteiger partial charge on any atom is -1.00 e. The van der Waals surface area contributed by atoms with Crippen LogP contribution in [-0.2, 0) is 21.3 Å². The van der Waals surface area contributed by atoms with E-state index in [0.717, 1.165) is 0 Å². The largest absolute Gasteiger partial charge is 1.00 e. The van der Waals surface area contributed by atoms with Crippen LogP contribution < -0.4 is 24.8 Å². The predicted octanol–water partition coefficient (Wildman–Crippen LogP) is -1.42. The first kappa shape index (κ1) is 17.6. The Hall–Kier alpha value is -0.747. The summed E-state index contributed by atoms with van der Waals surface area (Å²) in [5.41, 5.74) is 5.81. The summed E-state index contributed by atoms with van der Waals surface area (Å²) in [5.74, 6) is 0. The molecule has 0 aromatic heterocycles. The second kappa shape index (κ2) is 7.22. The molecule has 2 aromatic rings. The van der Waals surface area contributed by atoms with E-state index in [4.69, 9.17) is 4.21 Å². The van der Waals surface area contributed by atoms with Gasteiger partial charge in [-0.1, -0.05) is 0 Å². The van der Waals surface area contributed by atoms with Gasteiger partial charge in [0.15, 0.2) is 0 Å². The Bertz CT molecular complexity index is 698. The van der Waals surface area contributed by atoms with Gasteiger partial charge in [-0.25, -0.2) is 0 Å². The number of benzene rings is 2. The molecule has 0 N–H and O–H groups in total. The van der Waals surface area contributed by atoms with Gasteiger partial charge in [0.2, 0.25) is 0 Å². The first-order valence-corrected chi connectivity index (χ1v) is 11.7. The van der Waals surface area contributed by atoms with Crippen molar-refractivity contribution in [3.8, 4) is 0 Å². The molecule has 2 aromatic carbocycles. The molecule has 0 fully saturated rings. The molecule has 0 unspecified atom stereocenters. The van der Waals surface area contributed by atoms with E-state index in [9.17, 15) is 0 Å². The standard InChI is InChI=1S/2C9H7.CH2.2ClH.Zr/c2*1-2-5-9-7-3-6-8(9)4-1;;;;/h2*1-7H;1H2;2*1H;/q;;;;;+2/p-2. The zero-order chi connectivity index (χ0) is 13.5. The van der Waals surface area contributed by atoms with Crippen molar-refractivity contribution in [3.05, 3.63) is 82.9 Å². The van der Waals surface area contributed by atoms with Gasteiger partial charge < -0.3 is 24.8 Å². The fourth-order valence-corrected chi connectivity index (χ4v) is 9.23. The van der Waals surface area contributed by atoms with Crippen LogP contribution in [0.2, 0.25) is 0 Å². The fraction of sp³-hybridized carbons (Fsp3) is 0.105. The van der Waals surface area contributed by atoms with E-state index in [1.54, 1.807) is 0 Å². The summed E-state index contributed by atoms with van der Waals surface area (Å²) in [6.07, 6.45) is 9.38. The van der Waals surface area contributed by atoms with Gasteiger partial charge in [-0.05, 0) is 0 Å². The van der Waals surface area contributed by atoms with Crippen molar-refractivity contribution in [2.45, 2.75) is 7.25 Å². The van der Waals surface area contributed by atoms with Crippen LogP contribution in [0.15, 0.2) is 60.7 Å². The summed E-state index contributed by atoms with van der Waals surface area (Å²) < 4.78 is 5.93. The molecule has 0 aliphatic heterocycles. The molecule has 110 valence electrons. The number of fused-ring (bicyclic) bond motifs is 2. The molecule has 0 bridgehead atoms. The minimum absolute atomic E-state index is 0. The number of hydrogen-bond donors (Lipinski definition) is 0. The quantitative estimate of drug-likeness (QED) is 0.575. The molecule has 4 rings (SSSR count). The van der Waals surface area contributed by atoms with Gasteiger partial charge in [0.05, 0.1) is 0 Å². The third-order valence-corrected chi connectivity index (χ3v) is 10.8. The fourth-order valence-electron chi connectivity index (χ4n) is 3.34. The first-order valence-electron chi connectivity index (χ1n) is 7.07. The van der Waals surface area contributed by atoms with Crippen LogP contribution in [0.3, 0.4) is 0 Å². The van der Waals surface area contributed by atoms with Crippen LogP contribution in [0.1, 0.15) is 29.5 Å². The molecule has 3 heteroatoms. The molecular weight excluding hydrogens is 390 g/mol. The second-order valence-electron chi connectivity index (χ2n) is 5.51. The van der Waals surface area contributed by atoms with Gasteiger partial charge in [0.25, 0.3) is 0 Å². The Morgan fingerprint density at radius 3 is 1.55 bits per heavy atom. The maximum absolute atomic E-state index is 4.69. The molecule has 0 amide bonds. The van der Waals surface area contributed by atoms with E-state index in [2.05, 4.69) is 72.8 Å². The van der Waals surface area contributed by atoms with Gasteiger partial charge >= 0.3 is 128 Å². The molecule has 0 heterocycles. The Morgan fingerprint density at radius 1 is 0.682 bits per heavy atom. The minimum Gasteiger partial charge on any atom is -1.00 e. The Labute approximate surface area is 151 Å². The SMILES string of the molecule is [CH2]=[Zr+2]([C@@H]1C=Cc2ccccc21)[C@H]1C=Cc2ccccc21.[Cl-].[Cl-]. The van der Waals surface area contributed by atoms with Crippen LogP contribution in [0.25, 0.3) is 12.2 Å². The zero-order valence-corrected chi connectivity index (χ0v) is 16.0. The van der Waals surface area contributed by atoms with Gasteiger partial charge in [0, 0.05) is 0 Å². The molecule has 0 spiro atoms. The summed E-state index contributed by atoms with van der Waals surface area (Å²) in [6.45, 7) is 0. The van der Waals surface area contributed by atoms with E-state index in [0.29, 0.717) is 7.25 Å². The summed E-state index contributed by atoms with van der Waals surface area (Å²) >= 11 is -1.85. The van der Waals surface area contributed by atoms with E-state index >= 15 is 0 Å². The van der Waals surface area contributed by atoms with Crippen molar-refractivity contribution in [2.24, 2.45) is 0 Å². The predicted molar refractivity (Wildman–Crippen MR) is 83.6 cm³/mol. The van der Waals surface area contributed by atoms with Crippen LogP contribution in [0, 0.1) is 0 Å². The summed E-state index contributed by atoms with van der Waals surface area (Å²) in [6, 6.07) is 17.6. The van der Waals surface area contributed by atoms with Crippen molar-refractivity contribution in [2.75, 3.05) is 0 Å². The molecule has 22 heavy (non-hydrogen) atoms. The van der Waals surface area contributed by atoms with E-state index in [1.807, 2.05) is 0 Å². The number of allylic oxidation sites excluding steroid dienone is 2. The van der Waals surface area contributed by atoms with Crippen molar-refractivity contribution in [3.63, 3.8) is 0 Å². The van der Waals surface area contributed by atoms with Crippen molar-refractivity contribution >= 4 is 16.4 Å². The number of halogens is 2. The zero-order valence-electron chi connectivity index (χ0n) is 12.0.